The van der Waals surface area contributed by atoms with Gasteiger partial charge in [0.15, 0.2) is 0 Å². The standard InChI is InChI=1S/C25H35N3O6S/c1-25(2,3)28(35(31,32)21-11-9-19(26)10-12-21)16-23(29)22(15-18-7-5-4-6-8-18)27-24(30)34-20-13-14-33-17-20/h4-12,20,22-23,29H,13-17,26H2,1-3H3,(H,27,30)/t20-,22-,23+/m0/s1. The number of nitrogen functional groups attached to an aromatic ring is 1. The highest BCUT2D eigenvalue weighted by Crippen LogP contribution is 2.26. The van der Waals surface area contributed by atoms with Crippen molar-refractivity contribution in [1.82, 2.24) is 9.62 Å². The Morgan fingerprint density at radius 1 is 1.20 bits per heavy atom. The molecular weight excluding hydrogens is 470 g/mol. The summed E-state index contributed by atoms with van der Waals surface area (Å²) in [5.74, 6) is 0. The van der Waals surface area contributed by atoms with E-state index >= 15 is 0 Å². The maximum absolute atomic E-state index is 13.5. The number of amides is 1. The molecular formula is C25H35N3O6S. The van der Waals surface area contributed by atoms with Gasteiger partial charge in [0, 0.05) is 24.2 Å². The second-order valence-corrected chi connectivity index (χ2v) is 11.5. The molecule has 0 radical (unpaired) electrons. The third-order valence-electron chi connectivity index (χ3n) is 5.80. The normalized spacial score (nSPS) is 18.3. The van der Waals surface area contributed by atoms with Gasteiger partial charge >= 0.3 is 6.09 Å². The summed E-state index contributed by atoms with van der Waals surface area (Å²) in [4.78, 5) is 12.7. The minimum absolute atomic E-state index is 0.0713. The molecule has 1 heterocycles. The summed E-state index contributed by atoms with van der Waals surface area (Å²) in [7, 11) is -3.97. The predicted octanol–water partition coefficient (Wildman–Crippen LogP) is 2.55. The first-order valence-electron chi connectivity index (χ1n) is 11.6. The molecule has 4 N–H and O–H groups in total. The van der Waals surface area contributed by atoms with E-state index < -0.39 is 33.8 Å². The Balaban J connectivity index is 1.83. The van der Waals surface area contributed by atoms with Crippen LogP contribution in [0.1, 0.15) is 32.8 Å². The number of aliphatic hydroxyl groups is 1. The van der Waals surface area contributed by atoms with Gasteiger partial charge in [0.05, 0.1) is 30.3 Å². The first-order chi connectivity index (χ1) is 16.5. The lowest BCUT2D eigenvalue weighted by molar-refractivity contribution is 0.0586. The van der Waals surface area contributed by atoms with Crippen LogP contribution in [-0.2, 0) is 25.9 Å². The molecule has 0 saturated carbocycles. The third-order valence-corrected chi connectivity index (χ3v) is 7.94. The van der Waals surface area contributed by atoms with Crippen molar-refractivity contribution in [2.45, 2.75) is 62.3 Å². The van der Waals surface area contributed by atoms with E-state index in [0.717, 1.165) is 5.56 Å². The topological polar surface area (TPSA) is 131 Å². The van der Waals surface area contributed by atoms with Gasteiger partial charge < -0.3 is 25.6 Å². The van der Waals surface area contributed by atoms with Crippen LogP contribution in [0.25, 0.3) is 0 Å². The van der Waals surface area contributed by atoms with Gasteiger partial charge in [-0.1, -0.05) is 30.3 Å². The molecule has 0 aromatic heterocycles. The molecule has 35 heavy (non-hydrogen) atoms. The first kappa shape index (κ1) is 26.9. The number of nitrogens with two attached hydrogens (primary N) is 1. The van der Waals surface area contributed by atoms with E-state index in [1.54, 1.807) is 20.8 Å². The minimum Gasteiger partial charge on any atom is -0.444 e. The largest absolute Gasteiger partial charge is 0.444 e. The lowest BCUT2D eigenvalue weighted by atomic mass is 10.00. The van der Waals surface area contributed by atoms with Crippen LogP contribution < -0.4 is 11.1 Å². The Bertz CT molecular complexity index is 1060. The SMILES string of the molecule is CC(C)(C)N(C[C@@H](O)[C@H](Cc1ccccc1)NC(=O)O[C@H]1CCOC1)S(=O)(=O)c1ccc(N)cc1. The summed E-state index contributed by atoms with van der Waals surface area (Å²) in [6.07, 6.45) is -1.34. The highest BCUT2D eigenvalue weighted by molar-refractivity contribution is 7.89. The molecule has 1 amide bonds. The molecule has 3 rings (SSSR count). The maximum Gasteiger partial charge on any atom is 0.407 e. The Hall–Kier alpha value is -2.66. The van der Waals surface area contributed by atoms with Crippen molar-refractivity contribution in [3.05, 3.63) is 60.2 Å². The first-order valence-corrected chi connectivity index (χ1v) is 13.1. The van der Waals surface area contributed by atoms with Crippen molar-refractivity contribution in [3.63, 3.8) is 0 Å². The second kappa shape index (κ2) is 11.4. The summed E-state index contributed by atoms with van der Waals surface area (Å²) in [6.45, 7) is 5.88. The van der Waals surface area contributed by atoms with Crippen molar-refractivity contribution in [2.24, 2.45) is 0 Å². The number of anilines is 1. The zero-order chi connectivity index (χ0) is 25.6. The number of β-amino-alcohol motifs (C(OH)–C–C–N with tert-alkyl or cyclic N) is 1. The van der Waals surface area contributed by atoms with Crippen molar-refractivity contribution in [1.29, 1.82) is 0 Å². The number of aliphatic hydroxyl groups excluding tert-OH is 1. The number of nitrogens with zero attached hydrogens (tertiary/aromatic N) is 1. The smallest absolute Gasteiger partial charge is 0.407 e. The number of rotatable bonds is 9. The lowest BCUT2D eigenvalue weighted by Gasteiger charge is -2.37. The zero-order valence-electron chi connectivity index (χ0n) is 20.4. The number of hydrogen-bond donors (Lipinski definition) is 3. The van der Waals surface area contributed by atoms with E-state index in [1.807, 2.05) is 30.3 Å². The van der Waals surface area contributed by atoms with Gasteiger partial charge in [-0.2, -0.15) is 4.31 Å². The number of ether oxygens (including phenoxy) is 2. The Kier molecular flexibility index (Phi) is 8.76. The van der Waals surface area contributed by atoms with E-state index in [2.05, 4.69) is 5.32 Å². The summed E-state index contributed by atoms with van der Waals surface area (Å²) >= 11 is 0. The van der Waals surface area contributed by atoms with Crippen LogP contribution in [0.2, 0.25) is 0 Å². The predicted molar refractivity (Wildman–Crippen MR) is 133 cm³/mol. The number of carbonyl (C=O) groups is 1. The van der Waals surface area contributed by atoms with Crippen molar-refractivity contribution < 1.29 is 27.8 Å². The fourth-order valence-corrected chi connectivity index (χ4v) is 5.70. The fraction of sp³-hybridized carbons (Fsp3) is 0.480. The summed E-state index contributed by atoms with van der Waals surface area (Å²) in [5.41, 5.74) is 6.20. The van der Waals surface area contributed by atoms with Gasteiger partial charge in [0.2, 0.25) is 10.0 Å². The fourth-order valence-electron chi connectivity index (χ4n) is 3.89. The molecule has 192 valence electrons. The average Bonchev–Trinajstić information content (AvgIpc) is 3.30. The van der Waals surface area contributed by atoms with E-state index in [-0.39, 0.29) is 24.0 Å². The highest BCUT2D eigenvalue weighted by Gasteiger charge is 2.37. The van der Waals surface area contributed by atoms with Crippen LogP contribution >= 0.6 is 0 Å². The Morgan fingerprint density at radius 3 is 2.43 bits per heavy atom. The quantitative estimate of drug-likeness (QED) is 0.446. The van der Waals surface area contributed by atoms with Crippen LogP contribution in [-0.4, -0.2) is 67.5 Å². The monoisotopic (exact) mass is 505 g/mol. The third kappa shape index (κ3) is 7.41. The summed E-state index contributed by atoms with van der Waals surface area (Å²) in [5, 5.41) is 14.0. The summed E-state index contributed by atoms with van der Waals surface area (Å²) < 4.78 is 38.9. The zero-order valence-corrected chi connectivity index (χ0v) is 21.2. The molecule has 2 aromatic rings. The second-order valence-electron chi connectivity index (χ2n) is 9.67. The van der Waals surface area contributed by atoms with E-state index in [9.17, 15) is 18.3 Å². The van der Waals surface area contributed by atoms with Crippen LogP contribution in [0.3, 0.4) is 0 Å². The van der Waals surface area contributed by atoms with E-state index in [4.69, 9.17) is 15.2 Å². The minimum atomic E-state index is -3.97. The number of carbonyl (C=O) groups excluding carboxylic acids is 1. The van der Waals surface area contributed by atoms with Crippen molar-refractivity contribution in [3.8, 4) is 0 Å². The van der Waals surface area contributed by atoms with Gasteiger partial charge in [-0.25, -0.2) is 13.2 Å². The van der Waals surface area contributed by atoms with Gasteiger partial charge in [-0.15, -0.1) is 0 Å². The number of alkyl carbamates (subject to hydrolysis) is 1. The Labute approximate surface area is 207 Å². The van der Waals surface area contributed by atoms with Crippen LogP contribution in [0.4, 0.5) is 10.5 Å². The average molecular weight is 506 g/mol. The number of sulfonamides is 1. The molecule has 10 heteroatoms. The maximum atomic E-state index is 13.5. The molecule has 0 bridgehead atoms. The van der Waals surface area contributed by atoms with Crippen molar-refractivity contribution >= 4 is 21.8 Å². The van der Waals surface area contributed by atoms with E-state index in [0.29, 0.717) is 25.3 Å². The number of benzene rings is 2. The molecule has 0 unspecified atom stereocenters. The lowest BCUT2D eigenvalue weighted by Crippen LogP contribution is -2.55. The van der Waals surface area contributed by atoms with Gasteiger partial charge in [-0.05, 0) is 57.0 Å². The van der Waals surface area contributed by atoms with E-state index in [1.165, 1.54) is 28.6 Å². The molecule has 3 atom stereocenters. The molecule has 2 aromatic carbocycles. The highest BCUT2D eigenvalue weighted by atomic mass is 32.2. The molecule has 0 spiro atoms. The van der Waals surface area contributed by atoms with Gasteiger partial charge in [0.25, 0.3) is 0 Å². The summed E-state index contributed by atoms with van der Waals surface area (Å²) in [6, 6.07) is 14.5. The molecule has 1 saturated heterocycles. The molecule has 9 nitrogen and oxygen atoms in total. The van der Waals surface area contributed by atoms with Crippen LogP contribution in [0.15, 0.2) is 59.5 Å². The molecule has 1 aliphatic heterocycles. The number of nitrogens with one attached hydrogen (secondary N) is 1. The molecule has 1 fully saturated rings. The Morgan fingerprint density at radius 2 is 1.86 bits per heavy atom. The van der Waals surface area contributed by atoms with Gasteiger partial charge in [0.1, 0.15) is 6.10 Å². The molecule has 1 aliphatic rings. The van der Waals surface area contributed by atoms with Gasteiger partial charge in [-0.3, -0.25) is 0 Å². The van der Waals surface area contributed by atoms with Crippen LogP contribution in [0, 0.1) is 0 Å². The van der Waals surface area contributed by atoms with Crippen molar-refractivity contribution in [2.75, 3.05) is 25.5 Å². The molecule has 0 aliphatic carbocycles. The van der Waals surface area contributed by atoms with Crippen LogP contribution in [0.5, 0.6) is 0 Å². The number of hydrogen-bond acceptors (Lipinski definition) is 7.